The minimum Gasteiger partial charge on any atom is -0.474 e. The third kappa shape index (κ3) is 3.29. The molecule has 0 N–H and O–H groups in total. The number of ether oxygens (including phenoxy) is 1. The summed E-state index contributed by atoms with van der Waals surface area (Å²) in [4.78, 5) is 23.0. The Morgan fingerprint density at radius 3 is 2.65 bits per heavy atom. The lowest BCUT2D eigenvalue weighted by Gasteiger charge is -2.32. The number of carbonyl (C=O) groups is 1. The predicted octanol–water partition coefficient (Wildman–Crippen LogP) is 3.43. The fourth-order valence-corrected chi connectivity index (χ4v) is 4.97. The zero-order valence-electron chi connectivity index (χ0n) is 16.1. The summed E-state index contributed by atoms with van der Waals surface area (Å²) < 4.78 is 6.40. The Morgan fingerprint density at radius 2 is 1.96 bits per heavy atom. The Hall–Kier alpha value is -1.75. The van der Waals surface area contributed by atoms with Crippen LogP contribution in [0.4, 0.5) is 0 Å². The first-order chi connectivity index (χ1) is 12.5. The molecule has 0 amide bonds. The summed E-state index contributed by atoms with van der Waals surface area (Å²) >= 11 is 0. The molecular formula is C21H29N3O2. The monoisotopic (exact) mass is 355 g/mol. The number of fused-ring (bicyclic) bond motifs is 2. The van der Waals surface area contributed by atoms with E-state index in [2.05, 4.69) is 29.0 Å². The zero-order valence-corrected chi connectivity index (χ0v) is 16.1. The van der Waals surface area contributed by atoms with Crippen molar-refractivity contribution in [2.45, 2.75) is 70.4 Å². The highest BCUT2D eigenvalue weighted by atomic mass is 16.5. The lowest BCUT2D eigenvalue weighted by molar-refractivity contribution is -0.117. The van der Waals surface area contributed by atoms with Gasteiger partial charge in [-0.2, -0.15) is 0 Å². The van der Waals surface area contributed by atoms with E-state index in [0.717, 1.165) is 49.2 Å². The van der Waals surface area contributed by atoms with Crippen LogP contribution in [-0.4, -0.2) is 46.9 Å². The van der Waals surface area contributed by atoms with Crippen molar-refractivity contribution in [3.05, 3.63) is 23.2 Å². The number of ketones is 1. The van der Waals surface area contributed by atoms with E-state index < -0.39 is 0 Å². The molecule has 0 aliphatic heterocycles. The van der Waals surface area contributed by atoms with Crippen LogP contribution in [0, 0.1) is 5.92 Å². The molecule has 1 heterocycles. The molecule has 1 aromatic heterocycles. The van der Waals surface area contributed by atoms with Crippen molar-refractivity contribution in [1.29, 1.82) is 0 Å². The smallest absolute Gasteiger partial charge is 0.224 e. The second-order valence-corrected chi connectivity index (χ2v) is 8.35. The molecule has 5 heteroatoms. The molecule has 3 aliphatic rings. The van der Waals surface area contributed by atoms with Gasteiger partial charge in [0.15, 0.2) is 0 Å². The van der Waals surface area contributed by atoms with E-state index in [1.54, 1.807) is 13.3 Å². The van der Waals surface area contributed by atoms with Crippen LogP contribution in [0.2, 0.25) is 0 Å². The molecular weight excluding hydrogens is 326 g/mol. The van der Waals surface area contributed by atoms with E-state index in [1.807, 2.05) is 0 Å². The number of hydrogen-bond donors (Lipinski definition) is 0. The van der Waals surface area contributed by atoms with Crippen molar-refractivity contribution in [3.8, 4) is 5.88 Å². The highest BCUT2D eigenvalue weighted by molar-refractivity contribution is 5.85. The summed E-state index contributed by atoms with van der Waals surface area (Å²) in [6.07, 6.45) is 10.1. The van der Waals surface area contributed by atoms with E-state index in [9.17, 15) is 4.79 Å². The summed E-state index contributed by atoms with van der Waals surface area (Å²) in [5, 5.41) is 0. The molecule has 1 atom stereocenters. The van der Waals surface area contributed by atoms with Gasteiger partial charge in [0.25, 0.3) is 0 Å². The van der Waals surface area contributed by atoms with Gasteiger partial charge in [0.05, 0.1) is 11.3 Å². The average Bonchev–Trinajstić information content (AvgIpc) is 3.15. The van der Waals surface area contributed by atoms with Crippen molar-refractivity contribution in [3.63, 3.8) is 0 Å². The van der Waals surface area contributed by atoms with Crippen LogP contribution in [0.15, 0.2) is 11.9 Å². The van der Waals surface area contributed by atoms with Crippen molar-refractivity contribution >= 4 is 11.4 Å². The Morgan fingerprint density at radius 1 is 1.19 bits per heavy atom. The Balaban J connectivity index is 1.54. The second kappa shape index (κ2) is 7.10. The molecule has 1 fully saturated rings. The predicted molar refractivity (Wildman–Crippen MR) is 101 cm³/mol. The molecule has 140 valence electrons. The lowest BCUT2D eigenvalue weighted by Crippen LogP contribution is -2.35. The van der Waals surface area contributed by atoms with Crippen molar-refractivity contribution in [2.75, 3.05) is 14.1 Å². The van der Waals surface area contributed by atoms with Crippen LogP contribution < -0.4 is 4.74 Å². The van der Waals surface area contributed by atoms with Gasteiger partial charge in [0.1, 0.15) is 18.2 Å². The number of hydrogen-bond acceptors (Lipinski definition) is 5. The molecule has 0 unspecified atom stereocenters. The van der Waals surface area contributed by atoms with Crippen molar-refractivity contribution < 1.29 is 9.53 Å². The molecule has 0 saturated heterocycles. The van der Waals surface area contributed by atoms with E-state index in [-0.39, 0.29) is 11.9 Å². The van der Waals surface area contributed by atoms with Crippen LogP contribution in [0.25, 0.3) is 5.57 Å². The summed E-state index contributed by atoms with van der Waals surface area (Å²) in [6, 6.07) is 0.662. The third-order valence-corrected chi connectivity index (χ3v) is 6.31. The largest absolute Gasteiger partial charge is 0.474 e. The van der Waals surface area contributed by atoms with E-state index >= 15 is 0 Å². The molecule has 4 rings (SSSR count). The summed E-state index contributed by atoms with van der Waals surface area (Å²) in [5.41, 5.74) is 4.98. The Kier molecular flexibility index (Phi) is 4.82. The maximum atomic E-state index is 11.7. The standard InChI is InChI=1S/C21H29N3O2/c1-13(25)10-14-4-5-15-11-18-20(19(14)15)21(23-12-22-18)26-17-8-6-16(7-9-17)24(2)3/h12,14,16-17H,4-11H2,1-3H3/t14-,16-,17-/m1/s1. The topological polar surface area (TPSA) is 55.3 Å². The van der Waals surface area contributed by atoms with Gasteiger partial charge in [-0.25, -0.2) is 9.97 Å². The van der Waals surface area contributed by atoms with E-state index in [0.29, 0.717) is 18.4 Å². The normalized spacial score (nSPS) is 27.6. The molecule has 0 aromatic carbocycles. The van der Waals surface area contributed by atoms with Crippen LogP contribution >= 0.6 is 0 Å². The van der Waals surface area contributed by atoms with Crippen LogP contribution in [0.5, 0.6) is 5.88 Å². The maximum Gasteiger partial charge on any atom is 0.224 e. The van der Waals surface area contributed by atoms with Gasteiger partial charge in [-0.3, -0.25) is 0 Å². The first-order valence-corrected chi connectivity index (χ1v) is 9.91. The number of Topliss-reactive ketones (excluding diaryl/α,β-unsaturated/α-hetero) is 1. The van der Waals surface area contributed by atoms with E-state index in [4.69, 9.17) is 4.74 Å². The minimum atomic E-state index is 0.238. The number of aromatic nitrogens is 2. The molecule has 0 bridgehead atoms. The van der Waals surface area contributed by atoms with Gasteiger partial charge in [0.2, 0.25) is 5.88 Å². The van der Waals surface area contributed by atoms with Crippen LogP contribution in [0.1, 0.15) is 63.1 Å². The highest BCUT2D eigenvalue weighted by Crippen LogP contribution is 2.50. The maximum absolute atomic E-state index is 11.7. The summed E-state index contributed by atoms with van der Waals surface area (Å²) in [7, 11) is 4.32. The molecule has 1 saturated carbocycles. The lowest BCUT2D eigenvalue weighted by atomic mass is 9.91. The van der Waals surface area contributed by atoms with Gasteiger partial charge >= 0.3 is 0 Å². The Bertz CT molecular complexity index is 733. The molecule has 5 nitrogen and oxygen atoms in total. The minimum absolute atomic E-state index is 0.238. The first kappa shape index (κ1) is 17.7. The highest BCUT2D eigenvalue weighted by Gasteiger charge is 2.37. The van der Waals surface area contributed by atoms with Crippen molar-refractivity contribution in [1.82, 2.24) is 14.9 Å². The first-order valence-electron chi connectivity index (χ1n) is 9.91. The number of rotatable bonds is 5. The van der Waals surface area contributed by atoms with Crippen LogP contribution in [0.3, 0.4) is 0 Å². The van der Waals surface area contributed by atoms with Gasteiger partial charge in [-0.1, -0.05) is 5.57 Å². The molecule has 0 spiro atoms. The van der Waals surface area contributed by atoms with Gasteiger partial charge < -0.3 is 14.4 Å². The third-order valence-electron chi connectivity index (χ3n) is 6.31. The SMILES string of the molecule is CC(=O)C[C@H]1CCC2=C1c1c(ncnc1O[C@H]1CC[C@H](N(C)C)CC1)C2. The number of carbonyl (C=O) groups excluding carboxylic acids is 1. The zero-order chi connectivity index (χ0) is 18.3. The van der Waals surface area contributed by atoms with E-state index in [1.165, 1.54) is 24.0 Å². The van der Waals surface area contributed by atoms with Gasteiger partial charge in [-0.05, 0) is 71.0 Å². The molecule has 3 aliphatic carbocycles. The fraction of sp³-hybridized carbons (Fsp3) is 0.667. The molecule has 0 radical (unpaired) electrons. The average molecular weight is 355 g/mol. The van der Waals surface area contributed by atoms with Gasteiger partial charge in [0, 0.05) is 18.9 Å². The number of allylic oxidation sites excluding steroid dienone is 2. The quantitative estimate of drug-likeness (QED) is 0.810. The summed E-state index contributed by atoms with van der Waals surface area (Å²) in [6.45, 7) is 1.69. The van der Waals surface area contributed by atoms with Crippen LogP contribution in [-0.2, 0) is 11.2 Å². The van der Waals surface area contributed by atoms with Crippen molar-refractivity contribution in [2.24, 2.45) is 5.92 Å². The molecule has 1 aromatic rings. The number of nitrogens with zero attached hydrogens (tertiary/aromatic N) is 3. The fourth-order valence-electron chi connectivity index (χ4n) is 4.97. The Labute approximate surface area is 155 Å². The van der Waals surface area contributed by atoms with Gasteiger partial charge in [-0.15, -0.1) is 0 Å². The molecule has 26 heavy (non-hydrogen) atoms. The summed E-state index contributed by atoms with van der Waals surface area (Å²) in [5.74, 6) is 1.34. The second-order valence-electron chi connectivity index (χ2n) is 8.35.